The molecule has 0 bridgehead atoms. The summed E-state index contributed by atoms with van der Waals surface area (Å²) in [5.74, 6) is -0.916. The normalized spacial score (nSPS) is 17.9. The molecule has 1 atom stereocenters. The fourth-order valence-electron chi connectivity index (χ4n) is 2.99. The van der Waals surface area contributed by atoms with Crippen molar-refractivity contribution in [2.24, 2.45) is 0 Å². The second-order valence-corrected chi connectivity index (χ2v) is 11.1. The number of hydrogen-bond donors (Lipinski definition) is 1. The van der Waals surface area contributed by atoms with Crippen molar-refractivity contribution in [1.29, 1.82) is 0 Å². The van der Waals surface area contributed by atoms with Crippen LogP contribution in [0, 0.1) is 0 Å². The second kappa shape index (κ2) is 9.20. The summed E-state index contributed by atoms with van der Waals surface area (Å²) in [5.41, 5.74) is 0.0730. The summed E-state index contributed by atoms with van der Waals surface area (Å²) >= 11 is 0. The van der Waals surface area contributed by atoms with E-state index in [2.05, 4.69) is 4.72 Å². The van der Waals surface area contributed by atoms with Gasteiger partial charge in [0.1, 0.15) is 5.76 Å². The Bertz CT molecular complexity index is 1140. The molecule has 1 aromatic heterocycles. The van der Waals surface area contributed by atoms with Crippen molar-refractivity contribution < 1.29 is 35.6 Å². The fraction of sp³-hybridized carbons (Fsp3) is 0.368. The summed E-state index contributed by atoms with van der Waals surface area (Å²) in [5, 5.41) is 0. The van der Waals surface area contributed by atoms with Gasteiger partial charge in [0.15, 0.2) is 16.4 Å². The quantitative estimate of drug-likeness (QED) is 0.552. The van der Waals surface area contributed by atoms with Gasteiger partial charge in [0.05, 0.1) is 34.8 Å². The van der Waals surface area contributed by atoms with Gasteiger partial charge in [0.25, 0.3) is 5.91 Å². The molecule has 0 aliphatic carbocycles. The molecule has 1 fully saturated rings. The van der Waals surface area contributed by atoms with Crippen LogP contribution in [0.15, 0.2) is 52.0 Å². The van der Waals surface area contributed by atoms with Crippen LogP contribution in [0.3, 0.4) is 0 Å². The van der Waals surface area contributed by atoms with Crippen molar-refractivity contribution in [1.82, 2.24) is 9.62 Å². The molecular formula is C19H22N2O8S2. The smallest absolute Gasteiger partial charge is 0.338 e. The molecule has 1 N–H and O–H groups in total. The Morgan fingerprint density at radius 1 is 1.23 bits per heavy atom. The number of carbonyl (C=O) groups is 2. The number of sulfonamides is 1. The van der Waals surface area contributed by atoms with Crippen LogP contribution in [0.4, 0.5) is 0 Å². The van der Waals surface area contributed by atoms with E-state index in [1.807, 2.05) is 0 Å². The van der Waals surface area contributed by atoms with E-state index in [0.29, 0.717) is 5.76 Å². The van der Waals surface area contributed by atoms with Gasteiger partial charge in [-0.1, -0.05) is 0 Å². The minimum Gasteiger partial charge on any atom is -0.467 e. The van der Waals surface area contributed by atoms with Gasteiger partial charge < -0.3 is 14.1 Å². The lowest BCUT2D eigenvalue weighted by Gasteiger charge is -2.15. The number of furan rings is 1. The Kier molecular flexibility index (Phi) is 6.82. The first kappa shape index (κ1) is 23.0. The van der Waals surface area contributed by atoms with Gasteiger partial charge in [-0.15, -0.1) is 0 Å². The monoisotopic (exact) mass is 470 g/mol. The van der Waals surface area contributed by atoms with Crippen molar-refractivity contribution >= 4 is 31.7 Å². The summed E-state index contributed by atoms with van der Waals surface area (Å²) in [6.45, 7) is -0.251. The minimum atomic E-state index is -3.93. The Labute approximate surface area is 180 Å². The van der Waals surface area contributed by atoms with Crippen LogP contribution in [0.25, 0.3) is 0 Å². The zero-order valence-electron chi connectivity index (χ0n) is 16.7. The van der Waals surface area contributed by atoms with Crippen LogP contribution in [0.1, 0.15) is 22.5 Å². The zero-order valence-corrected chi connectivity index (χ0v) is 18.3. The summed E-state index contributed by atoms with van der Waals surface area (Å²) in [6.07, 6.45) is 1.71. The molecule has 0 radical (unpaired) electrons. The standard InChI is InChI=1S/C19H22N2O8S2/c1-21(11-16-3-2-9-28-16)18(22)12-29-19(23)14-4-6-17(7-5-14)31(26,27)20-15-8-10-30(24,25)13-15/h2-7,9,15,20H,8,10-13H2,1H3. The van der Waals surface area contributed by atoms with Crippen LogP contribution >= 0.6 is 0 Å². The highest BCUT2D eigenvalue weighted by Gasteiger charge is 2.31. The highest BCUT2D eigenvalue weighted by molar-refractivity contribution is 7.92. The molecule has 1 aromatic carbocycles. The number of nitrogens with one attached hydrogen (secondary N) is 1. The van der Waals surface area contributed by atoms with Gasteiger partial charge in [-0.05, 0) is 42.8 Å². The highest BCUT2D eigenvalue weighted by Crippen LogP contribution is 2.17. The lowest BCUT2D eigenvalue weighted by Crippen LogP contribution is -2.35. The summed E-state index contributed by atoms with van der Waals surface area (Å²) < 4.78 is 60.3. The lowest BCUT2D eigenvalue weighted by molar-refractivity contribution is -0.133. The third kappa shape index (κ3) is 6.15. The van der Waals surface area contributed by atoms with Gasteiger partial charge >= 0.3 is 5.97 Å². The molecule has 1 aliphatic rings. The fourth-order valence-corrected chi connectivity index (χ4v) is 6.04. The maximum atomic E-state index is 12.4. The molecule has 1 unspecified atom stereocenters. The SMILES string of the molecule is CN(Cc1ccco1)C(=O)COC(=O)c1ccc(S(=O)(=O)NC2CCS(=O)(=O)C2)cc1. The Morgan fingerprint density at radius 2 is 1.94 bits per heavy atom. The van der Waals surface area contributed by atoms with E-state index >= 15 is 0 Å². The molecule has 31 heavy (non-hydrogen) atoms. The first-order valence-corrected chi connectivity index (χ1v) is 12.6. The van der Waals surface area contributed by atoms with Gasteiger partial charge in [-0.3, -0.25) is 4.79 Å². The number of nitrogens with zero attached hydrogens (tertiary/aromatic N) is 1. The molecule has 10 nitrogen and oxygen atoms in total. The van der Waals surface area contributed by atoms with Crippen LogP contribution in [-0.2, 0) is 35.9 Å². The van der Waals surface area contributed by atoms with Crippen LogP contribution < -0.4 is 4.72 Å². The second-order valence-electron chi connectivity index (χ2n) is 7.15. The molecule has 12 heteroatoms. The predicted molar refractivity (Wildman–Crippen MR) is 109 cm³/mol. The number of benzene rings is 1. The third-order valence-electron chi connectivity index (χ3n) is 4.68. The van der Waals surface area contributed by atoms with Crippen molar-refractivity contribution in [3.05, 3.63) is 54.0 Å². The van der Waals surface area contributed by atoms with E-state index in [1.165, 1.54) is 35.4 Å². The summed E-state index contributed by atoms with van der Waals surface area (Å²) in [6, 6.07) is 7.69. The molecule has 0 spiro atoms. The number of rotatable bonds is 8. The van der Waals surface area contributed by atoms with Crippen LogP contribution in [0.5, 0.6) is 0 Å². The molecule has 0 saturated carbocycles. The Balaban J connectivity index is 1.54. The number of amides is 1. The van der Waals surface area contributed by atoms with E-state index in [-0.39, 0.29) is 34.9 Å². The number of ether oxygens (including phenoxy) is 1. The summed E-state index contributed by atoms with van der Waals surface area (Å²) in [7, 11) is -5.62. The average molecular weight is 471 g/mol. The molecule has 2 heterocycles. The van der Waals surface area contributed by atoms with Gasteiger partial charge in [0, 0.05) is 13.1 Å². The Morgan fingerprint density at radius 3 is 2.52 bits per heavy atom. The van der Waals surface area contributed by atoms with Crippen LogP contribution in [-0.4, -0.2) is 64.8 Å². The van der Waals surface area contributed by atoms with E-state index in [4.69, 9.17) is 9.15 Å². The topological polar surface area (TPSA) is 140 Å². The van der Waals surface area contributed by atoms with E-state index in [9.17, 15) is 26.4 Å². The lowest BCUT2D eigenvalue weighted by atomic mass is 10.2. The number of hydrogen-bond acceptors (Lipinski definition) is 8. The highest BCUT2D eigenvalue weighted by atomic mass is 32.2. The predicted octanol–water partition coefficient (Wildman–Crippen LogP) is 0.560. The van der Waals surface area contributed by atoms with Crippen molar-refractivity contribution in [3.8, 4) is 0 Å². The van der Waals surface area contributed by atoms with Crippen molar-refractivity contribution in [2.45, 2.75) is 23.9 Å². The average Bonchev–Trinajstić information content (AvgIpc) is 3.34. The number of likely N-dealkylation sites (N-methyl/N-ethyl adjacent to an activating group) is 1. The molecular weight excluding hydrogens is 448 g/mol. The molecule has 1 amide bonds. The van der Waals surface area contributed by atoms with Crippen LogP contribution in [0.2, 0.25) is 0 Å². The molecule has 2 aromatic rings. The zero-order chi connectivity index (χ0) is 22.6. The maximum absolute atomic E-state index is 12.4. The Hall–Kier alpha value is -2.70. The summed E-state index contributed by atoms with van der Waals surface area (Å²) in [4.78, 5) is 25.5. The number of sulfone groups is 1. The van der Waals surface area contributed by atoms with Gasteiger partial charge in [-0.2, -0.15) is 0 Å². The van der Waals surface area contributed by atoms with E-state index < -0.39 is 44.4 Å². The third-order valence-corrected chi connectivity index (χ3v) is 7.98. The van der Waals surface area contributed by atoms with Gasteiger partial charge in [0.2, 0.25) is 10.0 Å². The molecule has 168 valence electrons. The van der Waals surface area contributed by atoms with E-state index in [1.54, 1.807) is 19.2 Å². The maximum Gasteiger partial charge on any atom is 0.338 e. The minimum absolute atomic E-state index is 0.0552. The molecule has 3 rings (SSSR count). The molecule has 1 aliphatic heterocycles. The largest absolute Gasteiger partial charge is 0.467 e. The van der Waals surface area contributed by atoms with Crippen molar-refractivity contribution in [3.63, 3.8) is 0 Å². The van der Waals surface area contributed by atoms with E-state index in [0.717, 1.165) is 0 Å². The number of esters is 1. The first-order valence-electron chi connectivity index (χ1n) is 9.32. The first-order chi connectivity index (χ1) is 14.6. The molecule has 1 saturated heterocycles. The van der Waals surface area contributed by atoms with Gasteiger partial charge in [-0.25, -0.2) is 26.4 Å². The number of carbonyl (C=O) groups excluding carboxylic acids is 2. The van der Waals surface area contributed by atoms with Crippen molar-refractivity contribution in [2.75, 3.05) is 25.2 Å².